The van der Waals surface area contributed by atoms with Crippen LogP contribution in [0.2, 0.25) is 0 Å². The Morgan fingerprint density at radius 3 is 2.62 bits per heavy atom. The highest BCUT2D eigenvalue weighted by Gasteiger charge is 2.35. The van der Waals surface area contributed by atoms with E-state index in [2.05, 4.69) is 11.9 Å². The number of sulfone groups is 1. The van der Waals surface area contributed by atoms with E-state index in [4.69, 9.17) is 5.11 Å². The van der Waals surface area contributed by atoms with Crippen molar-refractivity contribution in [1.82, 2.24) is 5.32 Å². The summed E-state index contributed by atoms with van der Waals surface area (Å²) >= 11 is 0. The highest BCUT2D eigenvalue weighted by atomic mass is 32.2. The normalized spacial score (nSPS) is 28.6. The van der Waals surface area contributed by atoms with Crippen LogP contribution in [0.1, 0.15) is 6.42 Å². The first-order valence-electron chi connectivity index (χ1n) is 3.80. The van der Waals surface area contributed by atoms with Crippen LogP contribution in [0.4, 0.5) is 0 Å². The molecule has 0 aromatic heterocycles. The molecule has 6 heteroatoms. The fourth-order valence-electron chi connectivity index (χ4n) is 1.28. The Morgan fingerprint density at radius 2 is 2.23 bits per heavy atom. The lowest BCUT2D eigenvalue weighted by molar-refractivity contribution is -0.139. The van der Waals surface area contributed by atoms with Crippen LogP contribution in [0.25, 0.3) is 0 Å². The van der Waals surface area contributed by atoms with Gasteiger partial charge >= 0.3 is 5.97 Å². The van der Waals surface area contributed by atoms with Crippen LogP contribution in [0.3, 0.4) is 0 Å². The molecule has 1 fully saturated rings. The van der Waals surface area contributed by atoms with Gasteiger partial charge in [-0.15, -0.1) is 0 Å². The molecular formula is C7H11NO4S. The number of carbonyl (C=O) groups is 1. The van der Waals surface area contributed by atoms with Crippen LogP contribution < -0.4 is 5.32 Å². The third kappa shape index (κ3) is 2.07. The molecule has 1 heterocycles. The summed E-state index contributed by atoms with van der Waals surface area (Å²) < 4.78 is 22.4. The molecule has 0 aromatic rings. The zero-order valence-corrected chi connectivity index (χ0v) is 7.75. The molecular weight excluding hydrogens is 194 g/mol. The van der Waals surface area contributed by atoms with Crippen LogP contribution in [-0.4, -0.2) is 37.3 Å². The number of hydrogen-bond donors (Lipinski definition) is 2. The molecule has 2 unspecified atom stereocenters. The van der Waals surface area contributed by atoms with Crippen molar-refractivity contribution in [2.75, 3.05) is 6.54 Å². The van der Waals surface area contributed by atoms with E-state index in [0.717, 1.165) is 5.41 Å². The van der Waals surface area contributed by atoms with Crippen LogP contribution in [-0.2, 0) is 14.6 Å². The van der Waals surface area contributed by atoms with Gasteiger partial charge in [0, 0.05) is 12.0 Å². The van der Waals surface area contributed by atoms with Crippen LogP contribution in [0, 0.1) is 0 Å². The standard InChI is InChI=1S/C7H11NO4S/c1-2-13(11,12)5-3-6(7(9)10)8-4-5/h2,5-6,8H,1,3-4H2,(H,9,10). The summed E-state index contributed by atoms with van der Waals surface area (Å²) in [7, 11) is -3.33. The maximum atomic E-state index is 11.2. The Bertz CT molecular complexity index is 321. The molecule has 2 atom stereocenters. The summed E-state index contributed by atoms with van der Waals surface area (Å²) in [5, 5.41) is 11.4. The van der Waals surface area contributed by atoms with Crippen molar-refractivity contribution in [2.45, 2.75) is 17.7 Å². The van der Waals surface area contributed by atoms with Crippen molar-refractivity contribution in [3.63, 3.8) is 0 Å². The fourth-order valence-corrected chi connectivity index (χ4v) is 2.34. The average Bonchev–Trinajstić information content (AvgIpc) is 2.52. The molecule has 0 spiro atoms. The molecule has 5 nitrogen and oxygen atoms in total. The van der Waals surface area contributed by atoms with E-state index in [1.807, 2.05) is 0 Å². The number of hydrogen-bond acceptors (Lipinski definition) is 4. The quantitative estimate of drug-likeness (QED) is 0.640. The van der Waals surface area contributed by atoms with Crippen molar-refractivity contribution in [2.24, 2.45) is 0 Å². The predicted octanol–water partition coefficient (Wildman–Crippen LogP) is -0.640. The predicted molar refractivity (Wildman–Crippen MR) is 46.9 cm³/mol. The van der Waals surface area contributed by atoms with E-state index in [-0.39, 0.29) is 13.0 Å². The second kappa shape index (κ2) is 3.47. The first-order chi connectivity index (χ1) is 5.97. The van der Waals surface area contributed by atoms with Gasteiger partial charge in [0.1, 0.15) is 6.04 Å². The summed E-state index contributed by atoms with van der Waals surface area (Å²) in [4.78, 5) is 10.5. The van der Waals surface area contributed by atoms with Crippen molar-refractivity contribution in [1.29, 1.82) is 0 Å². The second-order valence-corrected chi connectivity index (χ2v) is 5.09. The van der Waals surface area contributed by atoms with Gasteiger partial charge in [0.2, 0.25) is 0 Å². The maximum Gasteiger partial charge on any atom is 0.320 e. The van der Waals surface area contributed by atoms with Gasteiger partial charge in [-0.3, -0.25) is 4.79 Å². The molecule has 0 aromatic carbocycles. The third-order valence-corrected chi connectivity index (χ3v) is 3.84. The summed E-state index contributed by atoms with van der Waals surface area (Å²) in [5.41, 5.74) is 0. The molecule has 0 amide bonds. The number of rotatable bonds is 3. The lowest BCUT2D eigenvalue weighted by Gasteiger charge is -2.04. The van der Waals surface area contributed by atoms with E-state index in [1.54, 1.807) is 0 Å². The first-order valence-corrected chi connectivity index (χ1v) is 5.41. The zero-order chi connectivity index (χ0) is 10.1. The Labute approximate surface area is 76.4 Å². The molecule has 74 valence electrons. The van der Waals surface area contributed by atoms with Crippen LogP contribution in [0.15, 0.2) is 12.0 Å². The Kier molecular flexibility index (Phi) is 2.72. The van der Waals surface area contributed by atoms with Gasteiger partial charge in [0.15, 0.2) is 9.84 Å². The van der Waals surface area contributed by atoms with Crippen LogP contribution >= 0.6 is 0 Å². The molecule has 1 rings (SSSR count). The average molecular weight is 205 g/mol. The molecule has 0 saturated carbocycles. The molecule has 13 heavy (non-hydrogen) atoms. The van der Waals surface area contributed by atoms with Gasteiger partial charge in [-0.2, -0.15) is 0 Å². The van der Waals surface area contributed by atoms with Crippen molar-refractivity contribution < 1.29 is 18.3 Å². The smallest absolute Gasteiger partial charge is 0.320 e. The minimum Gasteiger partial charge on any atom is -0.480 e. The molecule has 0 radical (unpaired) electrons. The van der Waals surface area contributed by atoms with Gasteiger partial charge in [-0.25, -0.2) is 8.42 Å². The monoisotopic (exact) mass is 205 g/mol. The highest BCUT2D eigenvalue weighted by Crippen LogP contribution is 2.16. The number of carboxylic acid groups (broad SMARTS) is 1. The Morgan fingerprint density at radius 1 is 1.62 bits per heavy atom. The van der Waals surface area contributed by atoms with E-state index in [9.17, 15) is 13.2 Å². The Hall–Kier alpha value is -0.880. The van der Waals surface area contributed by atoms with Gasteiger partial charge in [-0.1, -0.05) is 6.58 Å². The lowest BCUT2D eigenvalue weighted by Crippen LogP contribution is -2.30. The number of aliphatic carboxylic acids is 1. The van der Waals surface area contributed by atoms with E-state index < -0.39 is 27.1 Å². The SMILES string of the molecule is C=CS(=O)(=O)C1CNC(C(=O)O)C1. The van der Waals surface area contributed by atoms with Crippen molar-refractivity contribution in [3.05, 3.63) is 12.0 Å². The van der Waals surface area contributed by atoms with Gasteiger partial charge in [-0.05, 0) is 6.42 Å². The molecule has 0 bridgehead atoms. The van der Waals surface area contributed by atoms with E-state index in [0.29, 0.717) is 0 Å². The van der Waals surface area contributed by atoms with Crippen molar-refractivity contribution >= 4 is 15.8 Å². The molecule has 1 aliphatic rings. The second-order valence-electron chi connectivity index (χ2n) is 2.91. The minimum atomic E-state index is -3.33. The van der Waals surface area contributed by atoms with Gasteiger partial charge in [0.05, 0.1) is 5.25 Å². The van der Waals surface area contributed by atoms with E-state index in [1.165, 1.54) is 0 Å². The first kappa shape index (κ1) is 10.2. The number of nitrogens with one attached hydrogen (secondary N) is 1. The summed E-state index contributed by atoms with van der Waals surface area (Å²) in [5.74, 6) is -1.01. The highest BCUT2D eigenvalue weighted by molar-refractivity contribution is 7.94. The van der Waals surface area contributed by atoms with E-state index >= 15 is 0 Å². The molecule has 1 saturated heterocycles. The summed E-state index contributed by atoms with van der Waals surface area (Å²) in [6.45, 7) is 3.37. The summed E-state index contributed by atoms with van der Waals surface area (Å²) in [6, 6.07) is -0.750. The van der Waals surface area contributed by atoms with Gasteiger partial charge in [0.25, 0.3) is 0 Å². The third-order valence-electron chi connectivity index (χ3n) is 2.09. The van der Waals surface area contributed by atoms with Crippen molar-refractivity contribution in [3.8, 4) is 0 Å². The summed E-state index contributed by atoms with van der Waals surface area (Å²) in [6.07, 6.45) is 0.115. The topological polar surface area (TPSA) is 83.5 Å². The number of carboxylic acids is 1. The molecule has 0 aliphatic carbocycles. The lowest BCUT2D eigenvalue weighted by atomic mass is 10.2. The Balaban J connectivity index is 2.71. The maximum absolute atomic E-state index is 11.2. The molecule has 2 N–H and O–H groups in total. The van der Waals surface area contributed by atoms with Crippen LogP contribution in [0.5, 0.6) is 0 Å². The van der Waals surface area contributed by atoms with Gasteiger partial charge < -0.3 is 10.4 Å². The zero-order valence-electron chi connectivity index (χ0n) is 6.93. The fraction of sp³-hybridized carbons (Fsp3) is 0.571. The molecule has 1 aliphatic heterocycles. The minimum absolute atomic E-state index is 0.115. The largest absolute Gasteiger partial charge is 0.480 e.